The van der Waals surface area contributed by atoms with Crippen molar-refractivity contribution in [3.63, 3.8) is 0 Å². The summed E-state index contributed by atoms with van der Waals surface area (Å²) in [5.74, 6) is -1.23. The number of amides is 1. The number of nitrogens with two attached hydrogens (primary N) is 1. The summed E-state index contributed by atoms with van der Waals surface area (Å²) in [6.07, 6.45) is -11.6. The third-order valence-electron chi connectivity index (χ3n) is 2.12. The van der Waals surface area contributed by atoms with Crippen molar-refractivity contribution in [2.24, 2.45) is 5.73 Å². The average Bonchev–Trinajstić information content (AvgIpc) is 2.23. The van der Waals surface area contributed by atoms with Gasteiger partial charge in [0.25, 0.3) is 0 Å². The molecular weight excluding hydrogens is 242 g/mol. The van der Waals surface area contributed by atoms with E-state index in [1.165, 1.54) is 0 Å². The molecule has 94 valence electrons. The predicted octanol–water partition coefficient (Wildman–Crippen LogP) is 1.04. The van der Waals surface area contributed by atoms with E-state index in [0.29, 0.717) is 0 Å². The van der Waals surface area contributed by atoms with E-state index in [0.717, 1.165) is 0 Å². The van der Waals surface area contributed by atoms with Crippen molar-refractivity contribution < 1.29 is 31.1 Å². The Hall–Kier alpha value is -0.990. The fourth-order valence-electron chi connectivity index (χ4n) is 1.55. The second-order valence-corrected chi connectivity index (χ2v) is 3.50. The summed E-state index contributed by atoms with van der Waals surface area (Å²) < 4.78 is 73.3. The number of likely N-dealkylation sites (tertiary alicyclic amines) is 1. The Balaban J connectivity index is 2.99. The van der Waals surface area contributed by atoms with Gasteiger partial charge in [-0.05, 0) is 0 Å². The first-order valence-corrected chi connectivity index (χ1v) is 4.22. The minimum Gasteiger partial charge on any atom is -0.326 e. The van der Waals surface area contributed by atoms with E-state index < -0.39 is 43.3 Å². The Morgan fingerprint density at radius 2 is 1.62 bits per heavy atom. The van der Waals surface area contributed by atoms with Gasteiger partial charge in [0.05, 0.1) is 0 Å². The van der Waals surface area contributed by atoms with E-state index in [-0.39, 0.29) is 4.90 Å². The van der Waals surface area contributed by atoms with Crippen LogP contribution in [0, 0.1) is 0 Å². The number of hydrogen-bond acceptors (Lipinski definition) is 2. The molecule has 0 aliphatic carbocycles. The topological polar surface area (TPSA) is 46.3 Å². The van der Waals surface area contributed by atoms with Crippen molar-refractivity contribution in [1.82, 2.24) is 4.90 Å². The number of carbonyl (C=O) groups excluding carboxylic acids is 1. The Morgan fingerprint density at radius 3 is 1.88 bits per heavy atom. The summed E-state index contributed by atoms with van der Waals surface area (Å²) in [7, 11) is 0. The Bertz CT molecular complexity index is 272. The van der Waals surface area contributed by atoms with E-state index in [9.17, 15) is 31.1 Å². The summed E-state index contributed by atoms with van der Waals surface area (Å²) in [6, 6.07) is -4.75. The molecule has 16 heavy (non-hydrogen) atoms. The maximum atomic E-state index is 12.2. The van der Waals surface area contributed by atoms with Gasteiger partial charge in [-0.1, -0.05) is 0 Å². The molecule has 1 rings (SSSR count). The Morgan fingerprint density at radius 1 is 1.19 bits per heavy atom. The van der Waals surface area contributed by atoms with Crippen molar-refractivity contribution in [3.8, 4) is 0 Å². The number of carbonyl (C=O) groups is 1. The van der Waals surface area contributed by atoms with Crippen LogP contribution in [0.4, 0.5) is 26.3 Å². The van der Waals surface area contributed by atoms with Gasteiger partial charge in [-0.2, -0.15) is 26.3 Å². The van der Waals surface area contributed by atoms with Crippen LogP contribution >= 0.6 is 0 Å². The molecule has 1 fully saturated rings. The van der Waals surface area contributed by atoms with Gasteiger partial charge < -0.3 is 10.6 Å². The minimum absolute atomic E-state index is 0.259. The molecule has 0 saturated carbocycles. The quantitative estimate of drug-likeness (QED) is 0.707. The van der Waals surface area contributed by atoms with Gasteiger partial charge >= 0.3 is 12.4 Å². The molecule has 1 amide bonds. The van der Waals surface area contributed by atoms with Crippen molar-refractivity contribution in [2.45, 2.75) is 30.9 Å². The van der Waals surface area contributed by atoms with E-state index >= 15 is 0 Å². The lowest BCUT2D eigenvalue weighted by Gasteiger charge is -2.31. The molecule has 1 unspecified atom stereocenters. The molecule has 1 aliphatic heterocycles. The molecule has 1 atom stereocenters. The van der Waals surface area contributed by atoms with Crippen LogP contribution in [0.25, 0.3) is 0 Å². The zero-order valence-corrected chi connectivity index (χ0v) is 7.77. The zero-order chi connectivity index (χ0) is 12.7. The number of halogens is 6. The van der Waals surface area contributed by atoms with Crippen LogP contribution < -0.4 is 5.73 Å². The molecule has 1 aliphatic rings. The number of nitrogens with zero attached hydrogens (tertiary/aromatic N) is 1. The molecule has 1 heterocycles. The smallest absolute Gasteiger partial charge is 0.326 e. The fourth-order valence-corrected chi connectivity index (χ4v) is 1.55. The summed E-state index contributed by atoms with van der Waals surface area (Å²) in [5.41, 5.74) is 5.14. The highest BCUT2D eigenvalue weighted by Crippen LogP contribution is 2.38. The van der Waals surface area contributed by atoms with Gasteiger partial charge in [0, 0.05) is 19.0 Å². The van der Waals surface area contributed by atoms with Crippen molar-refractivity contribution in [2.75, 3.05) is 6.54 Å². The molecule has 0 bridgehead atoms. The Labute approximate surface area is 86.2 Å². The normalized spacial score (nSPS) is 23.4. The molecule has 9 heteroatoms. The molecular formula is C7H8F6N2O. The van der Waals surface area contributed by atoms with Crippen LogP contribution in [-0.2, 0) is 4.79 Å². The minimum atomic E-state index is -5.54. The molecule has 0 aromatic rings. The highest BCUT2D eigenvalue weighted by atomic mass is 19.4. The largest absolute Gasteiger partial charge is 0.417 e. The van der Waals surface area contributed by atoms with Gasteiger partial charge in [0.1, 0.15) is 0 Å². The van der Waals surface area contributed by atoms with Crippen LogP contribution in [0.3, 0.4) is 0 Å². The summed E-state index contributed by atoms with van der Waals surface area (Å²) >= 11 is 0. The van der Waals surface area contributed by atoms with Crippen molar-refractivity contribution in [1.29, 1.82) is 0 Å². The lowest BCUT2D eigenvalue weighted by molar-refractivity contribution is -0.282. The van der Waals surface area contributed by atoms with Crippen molar-refractivity contribution in [3.05, 3.63) is 0 Å². The standard InChI is InChI=1S/C7H8F6N2O/c8-6(9,10)5(7(11,12)13)15-2-3(14)1-4(15)16/h3,5H,1-2,14H2. The molecule has 0 aromatic carbocycles. The first kappa shape index (κ1) is 13.1. The van der Waals surface area contributed by atoms with E-state index in [1.54, 1.807) is 0 Å². The zero-order valence-electron chi connectivity index (χ0n) is 7.77. The van der Waals surface area contributed by atoms with E-state index in [2.05, 4.69) is 0 Å². The summed E-state index contributed by atoms with van der Waals surface area (Å²) in [4.78, 5) is 10.7. The monoisotopic (exact) mass is 250 g/mol. The molecule has 0 aromatic heterocycles. The first-order chi connectivity index (χ1) is 7.03. The molecule has 0 radical (unpaired) electrons. The van der Waals surface area contributed by atoms with Crippen LogP contribution in [-0.4, -0.2) is 41.8 Å². The van der Waals surface area contributed by atoms with Crippen LogP contribution in [0.2, 0.25) is 0 Å². The SMILES string of the molecule is NC1CC(=O)N(C(C(F)(F)F)C(F)(F)F)C1. The second-order valence-electron chi connectivity index (χ2n) is 3.50. The van der Waals surface area contributed by atoms with Gasteiger partial charge in [-0.3, -0.25) is 4.79 Å². The number of alkyl halides is 6. The molecule has 2 N–H and O–H groups in total. The summed E-state index contributed by atoms with van der Waals surface area (Å²) in [6.45, 7) is -0.734. The molecule has 1 saturated heterocycles. The average molecular weight is 250 g/mol. The van der Waals surface area contributed by atoms with Crippen LogP contribution in [0.1, 0.15) is 6.42 Å². The third kappa shape index (κ3) is 2.57. The fraction of sp³-hybridized carbons (Fsp3) is 0.857. The Kier molecular flexibility index (Phi) is 3.10. The van der Waals surface area contributed by atoms with E-state index in [1.807, 2.05) is 0 Å². The van der Waals surface area contributed by atoms with Gasteiger partial charge in [-0.15, -0.1) is 0 Å². The van der Waals surface area contributed by atoms with Crippen molar-refractivity contribution >= 4 is 5.91 Å². The predicted molar refractivity (Wildman–Crippen MR) is 40.2 cm³/mol. The molecule has 0 spiro atoms. The lowest BCUT2D eigenvalue weighted by Crippen LogP contribution is -2.55. The van der Waals surface area contributed by atoms with Crippen LogP contribution in [0.15, 0.2) is 0 Å². The maximum Gasteiger partial charge on any atom is 0.417 e. The number of rotatable bonds is 1. The third-order valence-corrected chi connectivity index (χ3v) is 2.12. The highest BCUT2D eigenvalue weighted by molar-refractivity contribution is 5.79. The summed E-state index contributed by atoms with van der Waals surface area (Å²) in [5, 5.41) is 0. The van der Waals surface area contributed by atoms with E-state index in [4.69, 9.17) is 5.73 Å². The van der Waals surface area contributed by atoms with Crippen LogP contribution in [0.5, 0.6) is 0 Å². The number of hydrogen-bond donors (Lipinski definition) is 1. The van der Waals surface area contributed by atoms with Gasteiger partial charge in [-0.25, -0.2) is 0 Å². The van der Waals surface area contributed by atoms with Gasteiger partial charge in [0.15, 0.2) is 0 Å². The second kappa shape index (κ2) is 3.79. The lowest BCUT2D eigenvalue weighted by atomic mass is 10.2. The molecule has 3 nitrogen and oxygen atoms in total. The first-order valence-electron chi connectivity index (χ1n) is 4.22. The maximum absolute atomic E-state index is 12.2. The highest BCUT2D eigenvalue weighted by Gasteiger charge is 2.62. The van der Waals surface area contributed by atoms with Gasteiger partial charge in [0.2, 0.25) is 11.9 Å².